The molecule has 0 aliphatic rings. The van der Waals surface area contributed by atoms with Gasteiger partial charge in [-0.1, -0.05) is 72.8 Å². The van der Waals surface area contributed by atoms with Crippen molar-refractivity contribution >= 4 is 44.4 Å². The number of nitrogens with zero attached hydrogens (tertiary/aromatic N) is 1. The Morgan fingerprint density at radius 3 is 2.37 bits per heavy atom. The molecule has 0 bridgehead atoms. The fourth-order valence-corrected chi connectivity index (χ4v) is 5.11. The van der Waals surface area contributed by atoms with Crippen molar-refractivity contribution in [2.24, 2.45) is 0 Å². The Balaban J connectivity index is 1.28. The highest BCUT2D eigenvalue weighted by molar-refractivity contribution is 9.10. The van der Waals surface area contributed by atoms with Crippen molar-refractivity contribution in [3.05, 3.63) is 136 Å². The molecule has 5 aromatic carbocycles. The van der Waals surface area contributed by atoms with Gasteiger partial charge in [0, 0.05) is 5.69 Å². The molecule has 0 saturated carbocycles. The third-order valence-corrected chi connectivity index (χ3v) is 7.21. The number of ether oxygens (including phenoxy) is 3. The van der Waals surface area contributed by atoms with Crippen molar-refractivity contribution in [3.8, 4) is 23.3 Å². The van der Waals surface area contributed by atoms with Crippen LogP contribution in [0.1, 0.15) is 23.6 Å². The largest absolute Gasteiger partial charge is 0.490 e. The predicted molar refractivity (Wildman–Crippen MR) is 173 cm³/mol. The molecule has 6 nitrogen and oxygen atoms in total. The van der Waals surface area contributed by atoms with Gasteiger partial charge in [-0.3, -0.25) is 4.79 Å². The molecule has 0 spiro atoms. The average molecular weight is 634 g/mol. The van der Waals surface area contributed by atoms with Crippen LogP contribution in [0.4, 0.5) is 5.69 Å². The maximum absolute atomic E-state index is 13.0. The lowest BCUT2D eigenvalue weighted by Crippen LogP contribution is -2.13. The van der Waals surface area contributed by atoms with E-state index in [1.165, 1.54) is 6.08 Å². The summed E-state index contributed by atoms with van der Waals surface area (Å²) >= 11 is 3.60. The third-order valence-electron chi connectivity index (χ3n) is 6.62. The van der Waals surface area contributed by atoms with Crippen LogP contribution in [0, 0.1) is 11.3 Å². The van der Waals surface area contributed by atoms with Gasteiger partial charge in [0.25, 0.3) is 5.91 Å². The van der Waals surface area contributed by atoms with Crippen LogP contribution in [0.25, 0.3) is 16.8 Å². The van der Waals surface area contributed by atoms with Gasteiger partial charge in [-0.05, 0) is 92.8 Å². The zero-order valence-electron chi connectivity index (χ0n) is 23.5. The number of amides is 1. The average Bonchev–Trinajstić information content (AvgIpc) is 3.03. The minimum absolute atomic E-state index is 0.0526. The molecule has 43 heavy (non-hydrogen) atoms. The first-order chi connectivity index (χ1) is 21.0. The lowest BCUT2D eigenvalue weighted by Gasteiger charge is -2.16. The molecule has 0 heterocycles. The van der Waals surface area contributed by atoms with Crippen LogP contribution in [0.5, 0.6) is 17.2 Å². The van der Waals surface area contributed by atoms with Gasteiger partial charge in [0.1, 0.15) is 30.6 Å². The van der Waals surface area contributed by atoms with E-state index in [0.717, 1.165) is 21.9 Å². The van der Waals surface area contributed by atoms with E-state index in [1.807, 2.05) is 67.6 Å². The first-order valence-corrected chi connectivity index (χ1v) is 14.6. The highest BCUT2D eigenvalue weighted by atomic mass is 79.9. The number of halogens is 1. The molecule has 0 saturated heterocycles. The van der Waals surface area contributed by atoms with Crippen molar-refractivity contribution < 1.29 is 19.0 Å². The van der Waals surface area contributed by atoms with E-state index in [9.17, 15) is 10.1 Å². The number of hydrogen-bond acceptors (Lipinski definition) is 5. The Morgan fingerprint density at radius 2 is 1.60 bits per heavy atom. The van der Waals surface area contributed by atoms with Crippen molar-refractivity contribution in [2.75, 3.05) is 11.9 Å². The molecular weight excluding hydrogens is 604 g/mol. The molecule has 0 aliphatic carbocycles. The Morgan fingerprint density at radius 1 is 0.860 bits per heavy atom. The van der Waals surface area contributed by atoms with Crippen LogP contribution in [-0.2, 0) is 18.0 Å². The summed E-state index contributed by atoms with van der Waals surface area (Å²) in [4.78, 5) is 13.0. The lowest BCUT2D eigenvalue weighted by atomic mass is 10.1. The van der Waals surface area contributed by atoms with E-state index in [2.05, 4.69) is 39.4 Å². The summed E-state index contributed by atoms with van der Waals surface area (Å²) in [7, 11) is 0. The fraction of sp³-hybridized carbons (Fsp3) is 0.111. The first kappa shape index (κ1) is 29.4. The molecule has 1 N–H and O–H groups in total. The normalized spacial score (nSPS) is 11.0. The number of carbonyl (C=O) groups is 1. The molecule has 0 aliphatic heterocycles. The minimum Gasteiger partial charge on any atom is -0.490 e. The van der Waals surface area contributed by atoms with Crippen LogP contribution >= 0.6 is 15.9 Å². The van der Waals surface area contributed by atoms with E-state index >= 15 is 0 Å². The molecule has 214 valence electrons. The van der Waals surface area contributed by atoms with Crippen molar-refractivity contribution in [3.63, 3.8) is 0 Å². The van der Waals surface area contributed by atoms with Crippen LogP contribution in [0.15, 0.2) is 119 Å². The molecule has 0 fully saturated rings. The number of anilines is 1. The van der Waals surface area contributed by atoms with Crippen molar-refractivity contribution in [2.45, 2.75) is 20.1 Å². The quantitative estimate of drug-likeness (QED) is 0.116. The summed E-state index contributed by atoms with van der Waals surface area (Å²) in [6, 6.07) is 36.7. The maximum Gasteiger partial charge on any atom is 0.266 e. The number of nitrogens with one attached hydrogen (secondary N) is 1. The lowest BCUT2D eigenvalue weighted by molar-refractivity contribution is -0.112. The van der Waals surface area contributed by atoms with E-state index in [-0.39, 0.29) is 5.57 Å². The summed E-state index contributed by atoms with van der Waals surface area (Å²) in [6.07, 6.45) is 1.52. The van der Waals surface area contributed by atoms with Crippen LogP contribution in [-0.4, -0.2) is 12.5 Å². The van der Waals surface area contributed by atoms with Gasteiger partial charge in [-0.25, -0.2) is 0 Å². The summed E-state index contributed by atoms with van der Waals surface area (Å²) in [5, 5.41) is 14.8. The zero-order chi connectivity index (χ0) is 30.0. The topological polar surface area (TPSA) is 80.6 Å². The monoisotopic (exact) mass is 632 g/mol. The molecule has 5 rings (SSSR count). The van der Waals surface area contributed by atoms with Gasteiger partial charge in [0.05, 0.1) is 11.1 Å². The summed E-state index contributed by atoms with van der Waals surface area (Å²) < 4.78 is 18.6. The minimum atomic E-state index is -0.522. The molecule has 7 heteroatoms. The van der Waals surface area contributed by atoms with Crippen LogP contribution in [0.2, 0.25) is 0 Å². The number of nitriles is 1. The highest BCUT2D eigenvalue weighted by Gasteiger charge is 2.15. The maximum atomic E-state index is 13.0. The van der Waals surface area contributed by atoms with Crippen molar-refractivity contribution in [1.82, 2.24) is 0 Å². The molecule has 5 aromatic rings. The van der Waals surface area contributed by atoms with E-state index in [1.54, 1.807) is 36.4 Å². The second kappa shape index (κ2) is 14.2. The van der Waals surface area contributed by atoms with E-state index in [0.29, 0.717) is 52.8 Å². The first-order valence-electron chi connectivity index (χ1n) is 13.8. The van der Waals surface area contributed by atoms with Gasteiger partial charge in [-0.15, -0.1) is 0 Å². The van der Waals surface area contributed by atoms with Gasteiger partial charge in [0.15, 0.2) is 11.5 Å². The second-order valence-corrected chi connectivity index (χ2v) is 10.5. The summed E-state index contributed by atoms with van der Waals surface area (Å²) in [5.41, 5.74) is 3.22. The Bertz CT molecular complexity index is 1790. The highest BCUT2D eigenvalue weighted by Crippen LogP contribution is 2.38. The Labute approximate surface area is 259 Å². The van der Waals surface area contributed by atoms with Crippen LogP contribution < -0.4 is 19.5 Å². The number of fused-ring (bicyclic) bond motifs is 1. The van der Waals surface area contributed by atoms with Gasteiger partial charge < -0.3 is 19.5 Å². The number of rotatable bonds is 11. The second-order valence-electron chi connectivity index (χ2n) is 9.61. The van der Waals surface area contributed by atoms with Crippen LogP contribution in [0.3, 0.4) is 0 Å². The summed E-state index contributed by atoms with van der Waals surface area (Å²) in [5.74, 6) is 1.21. The molecule has 0 aromatic heterocycles. The Kier molecular flexibility index (Phi) is 9.73. The molecule has 0 unspecified atom stereocenters. The number of hydrogen-bond donors (Lipinski definition) is 1. The molecule has 1 amide bonds. The molecule has 0 radical (unpaired) electrons. The molecular formula is C36H29BrN2O4. The van der Waals surface area contributed by atoms with Gasteiger partial charge in [-0.2, -0.15) is 5.26 Å². The number of carbonyl (C=O) groups excluding carboxylic acids is 1. The van der Waals surface area contributed by atoms with E-state index in [4.69, 9.17) is 14.2 Å². The fourth-order valence-electron chi connectivity index (χ4n) is 4.53. The van der Waals surface area contributed by atoms with E-state index < -0.39 is 5.91 Å². The number of benzene rings is 5. The van der Waals surface area contributed by atoms with Gasteiger partial charge >= 0.3 is 0 Å². The van der Waals surface area contributed by atoms with Crippen molar-refractivity contribution in [1.29, 1.82) is 5.26 Å². The smallest absolute Gasteiger partial charge is 0.266 e. The Hall–Kier alpha value is -5.06. The predicted octanol–water partition coefficient (Wildman–Crippen LogP) is 8.70. The zero-order valence-corrected chi connectivity index (χ0v) is 25.1. The van der Waals surface area contributed by atoms with Gasteiger partial charge in [0.2, 0.25) is 0 Å². The summed E-state index contributed by atoms with van der Waals surface area (Å²) in [6.45, 7) is 3.09. The third kappa shape index (κ3) is 7.62. The molecule has 0 atom stereocenters. The SMILES string of the molecule is CCOc1cc(/C=C(\C#N)C(=O)Nc2ccc(OCc3ccccc3)cc2)cc(Br)c1OCc1cccc2ccccc12. The standard InChI is InChI=1S/C36H29BrN2O4/c1-2-41-34-21-26(20-33(37)35(34)43-24-28-13-8-12-27-11-6-7-14-32(27)28)19-29(22-38)36(40)39-30-15-17-31(18-16-30)42-23-25-9-4-3-5-10-25/h3-21H,2,23-24H2,1H3,(H,39,40)/b29-19+.